The van der Waals surface area contributed by atoms with Gasteiger partial charge in [-0.3, -0.25) is 13.9 Å². The van der Waals surface area contributed by atoms with Crippen LogP contribution in [0.3, 0.4) is 0 Å². The first kappa shape index (κ1) is 29.5. The van der Waals surface area contributed by atoms with Crippen LogP contribution in [0.1, 0.15) is 45.1 Å². The Morgan fingerprint density at radius 1 is 1.08 bits per heavy atom. The number of halogens is 1. The highest BCUT2D eigenvalue weighted by atomic mass is 35.5. The predicted molar refractivity (Wildman–Crippen MR) is 144 cm³/mol. The predicted octanol–water partition coefficient (Wildman–Crippen LogP) is 4.23. The van der Waals surface area contributed by atoms with Crippen molar-refractivity contribution >= 4 is 39.1 Å². The zero-order valence-electron chi connectivity index (χ0n) is 21.4. The molecule has 0 aliphatic carbocycles. The van der Waals surface area contributed by atoms with E-state index in [2.05, 4.69) is 5.32 Å². The highest BCUT2D eigenvalue weighted by Gasteiger charge is 2.27. The van der Waals surface area contributed by atoms with Gasteiger partial charge in [0.15, 0.2) is 0 Å². The average Bonchev–Trinajstić information content (AvgIpc) is 2.85. The molecule has 198 valence electrons. The van der Waals surface area contributed by atoms with Gasteiger partial charge in [0.05, 0.1) is 19.1 Å². The number of unbranched alkanes of at least 4 members (excludes halogenated alkanes) is 1. The van der Waals surface area contributed by atoms with Crippen LogP contribution in [0, 0.1) is 0 Å². The number of hydrogen-bond acceptors (Lipinski definition) is 5. The Hall–Kier alpha value is -2.78. The van der Waals surface area contributed by atoms with Crippen LogP contribution in [0.2, 0.25) is 5.02 Å². The lowest BCUT2D eigenvalue weighted by molar-refractivity contribution is -0.140. The van der Waals surface area contributed by atoms with Crippen LogP contribution in [0.4, 0.5) is 5.69 Å². The Morgan fingerprint density at radius 2 is 1.75 bits per heavy atom. The minimum Gasteiger partial charge on any atom is -0.495 e. The molecule has 0 aliphatic rings. The number of methoxy groups -OCH3 is 1. The summed E-state index contributed by atoms with van der Waals surface area (Å²) in [5.41, 5.74) is 1.14. The van der Waals surface area contributed by atoms with E-state index >= 15 is 0 Å². The third-order valence-electron chi connectivity index (χ3n) is 5.80. The summed E-state index contributed by atoms with van der Waals surface area (Å²) in [5, 5.41) is 3.39. The molecule has 0 unspecified atom stereocenters. The molecule has 0 heterocycles. The van der Waals surface area contributed by atoms with E-state index in [4.69, 9.17) is 16.3 Å². The molecular weight excluding hydrogens is 502 g/mol. The van der Waals surface area contributed by atoms with Crippen molar-refractivity contribution in [3.63, 3.8) is 0 Å². The average molecular weight is 538 g/mol. The van der Waals surface area contributed by atoms with Gasteiger partial charge < -0.3 is 15.0 Å². The Morgan fingerprint density at radius 3 is 2.39 bits per heavy atom. The fourth-order valence-electron chi connectivity index (χ4n) is 3.75. The van der Waals surface area contributed by atoms with Gasteiger partial charge in [-0.25, -0.2) is 8.42 Å². The van der Waals surface area contributed by atoms with Crippen molar-refractivity contribution in [2.75, 3.05) is 30.8 Å². The molecule has 2 aromatic rings. The molecule has 0 spiro atoms. The molecule has 1 N–H and O–H groups in total. The summed E-state index contributed by atoms with van der Waals surface area (Å²) < 4.78 is 31.6. The molecule has 2 rings (SSSR count). The molecule has 0 aromatic heterocycles. The van der Waals surface area contributed by atoms with E-state index in [-0.39, 0.29) is 37.7 Å². The third kappa shape index (κ3) is 8.41. The van der Waals surface area contributed by atoms with Gasteiger partial charge in [0.2, 0.25) is 21.8 Å². The van der Waals surface area contributed by atoms with Gasteiger partial charge >= 0.3 is 0 Å². The van der Waals surface area contributed by atoms with Gasteiger partial charge in [-0.15, -0.1) is 0 Å². The number of ether oxygens (including phenoxy) is 1. The Bertz CT molecular complexity index is 1130. The summed E-state index contributed by atoms with van der Waals surface area (Å²) in [6.45, 7) is 4.52. The van der Waals surface area contributed by atoms with Crippen LogP contribution in [0.5, 0.6) is 5.75 Å². The van der Waals surface area contributed by atoms with E-state index in [1.54, 1.807) is 43.3 Å². The minimum absolute atomic E-state index is 0.0538. The number of para-hydroxylation sites is 2. The highest BCUT2D eigenvalue weighted by molar-refractivity contribution is 7.92. The summed E-state index contributed by atoms with van der Waals surface area (Å²) in [7, 11) is -2.14. The molecule has 1 atom stereocenters. The number of anilines is 1. The van der Waals surface area contributed by atoms with Crippen LogP contribution in [0.25, 0.3) is 0 Å². The maximum atomic E-state index is 13.3. The highest BCUT2D eigenvalue weighted by Crippen LogP contribution is 2.30. The minimum atomic E-state index is -3.62. The topological polar surface area (TPSA) is 96.0 Å². The zero-order valence-corrected chi connectivity index (χ0v) is 22.9. The summed E-state index contributed by atoms with van der Waals surface area (Å²) in [5.74, 6) is -0.0795. The monoisotopic (exact) mass is 537 g/mol. The van der Waals surface area contributed by atoms with E-state index in [0.717, 1.165) is 24.7 Å². The second kappa shape index (κ2) is 14.1. The van der Waals surface area contributed by atoms with E-state index in [1.807, 2.05) is 19.1 Å². The van der Waals surface area contributed by atoms with Crippen molar-refractivity contribution in [2.24, 2.45) is 0 Å². The first-order chi connectivity index (χ1) is 17.1. The number of rotatable bonds is 14. The summed E-state index contributed by atoms with van der Waals surface area (Å²) in [4.78, 5) is 27.6. The molecule has 2 aromatic carbocycles. The van der Waals surface area contributed by atoms with Gasteiger partial charge in [-0.1, -0.05) is 55.3 Å². The number of carbonyl (C=O) groups excluding carboxylic acids is 2. The molecular formula is C26H36ClN3O5S. The quantitative estimate of drug-likeness (QED) is 0.364. The summed E-state index contributed by atoms with van der Waals surface area (Å²) in [6.07, 6.45) is 3.22. The number of carbonyl (C=O) groups is 2. The van der Waals surface area contributed by atoms with Gasteiger partial charge in [0.25, 0.3) is 0 Å². The maximum absolute atomic E-state index is 13.3. The number of hydrogen-bond donors (Lipinski definition) is 1. The zero-order chi connectivity index (χ0) is 26.7. The number of sulfonamides is 1. The Kier molecular flexibility index (Phi) is 11.5. The fourth-order valence-corrected chi connectivity index (χ4v) is 4.91. The third-order valence-corrected chi connectivity index (χ3v) is 7.35. The lowest BCUT2D eigenvalue weighted by Gasteiger charge is -2.30. The van der Waals surface area contributed by atoms with Gasteiger partial charge in [-0.2, -0.15) is 0 Å². The molecule has 10 heteroatoms. The number of benzene rings is 2. The lowest BCUT2D eigenvalue weighted by atomic mass is 10.1. The molecule has 0 bridgehead atoms. The largest absolute Gasteiger partial charge is 0.495 e. The molecule has 0 saturated carbocycles. The van der Waals surface area contributed by atoms with Crippen LogP contribution in [-0.4, -0.2) is 57.6 Å². The summed E-state index contributed by atoms with van der Waals surface area (Å²) >= 11 is 6.33. The normalized spacial score (nSPS) is 12.0. The van der Waals surface area contributed by atoms with Crippen molar-refractivity contribution in [3.8, 4) is 5.75 Å². The Balaban J connectivity index is 2.18. The van der Waals surface area contributed by atoms with Gasteiger partial charge in [0, 0.05) is 31.1 Å². The number of nitrogens with one attached hydrogen (secondary N) is 1. The smallest absolute Gasteiger partial charge is 0.242 e. The second-order valence-corrected chi connectivity index (χ2v) is 10.9. The van der Waals surface area contributed by atoms with Crippen molar-refractivity contribution in [3.05, 3.63) is 59.1 Å². The second-order valence-electron chi connectivity index (χ2n) is 8.54. The van der Waals surface area contributed by atoms with Crippen molar-refractivity contribution in [1.29, 1.82) is 0 Å². The molecule has 0 saturated heterocycles. The molecule has 0 fully saturated rings. The Labute approximate surface area is 219 Å². The fraction of sp³-hybridized carbons (Fsp3) is 0.462. The number of nitrogens with zero attached hydrogens (tertiary/aromatic N) is 2. The van der Waals surface area contributed by atoms with Crippen molar-refractivity contribution in [1.82, 2.24) is 10.2 Å². The SMILES string of the molecule is CCCCNC(=O)[C@@H](C)N(Cc1ccccc1Cl)C(=O)CCCN(c1ccccc1OC)S(C)(=O)=O. The van der Waals surface area contributed by atoms with Crippen LogP contribution in [-0.2, 0) is 26.2 Å². The first-order valence-corrected chi connectivity index (χ1v) is 14.2. The number of amides is 2. The maximum Gasteiger partial charge on any atom is 0.242 e. The molecule has 0 aliphatic heterocycles. The van der Waals surface area contributed by atoms with E-state index < -0.39 is 16.1 Å². The van der Waals surface area contributed by atoms with E-state index in [9.17, 15) is 18.0 Å². The molecule has 0 radical (unpaired) electrons. The van der Waals surface area contributed by atoms with Gasteiger partial charge in [0.1, 0.15) is 11.8 Å². The molecule has 8 nitrogen and oxygen atoms in total. The summed E-state index contributed by atoms with van der Waals surface area (Å²) in [6, 6.07) is 13.3. The van der Waals surface area contributed by atoms with Crippen LogP contribution >= 0.6 is 11.6 Å². The van der Waals surface area contributed by atoms with Crippen molar-refractivity contribution in [2.45, 2.75) is 52.1 Å². The standard InChI is InChI=1S/C26H36ClN3O5S/c1-5-6-17-28-26(32)20(2)29(19-21-12-7-8-13-22(21)27)25(31)16-11-18-30(36(4,33)34)23-14-9-10-15-24(23)35-3/h7-10,12-15,20H,5-6,11,16-19H2,1-4H3,(H,28,32)/t20-/m1/s1. The van der Waals surface area contributed by atoms with Gasteiger partial charge in [-0.05, 0) is 43.5 Å². The van der Waals surface area contributed by atoms with E-state index in [1.165, 1.54) is 16.3 Å². The molecule has 2 amide bonds. The van der Waals surface area contributed by atoms with Crippen molar-refractivity contribution < 1.29 is 22.7 Å². The lowest BCUT2D eigenvalue weighted by Crippen LogP contribution is -2.48. The first-order valence-electron chi connectivity index (χ1n) is 12.0. The van der Waals surface area contributed by atoms with E-state index in [0.29, 0.717) is 23.0 Å². The van der Waals surface area contributed by atoms with Crippen LogP contribution in [0.15, 0.2) is 48.5 Å². The van der Waals surface area contributed by atoms with Crippen LogP contribution < -0.4 is 14.4 Å². The molecule has 36 heavy (non-hydrogen) atoms.